The van der Waals surface area contributed by atoms with Crippen LogP contribution in [-0.4, -0.2) is 38.1 Å². The predicted octanol–water partition coefficient (Wildman–Crippen LogP) is 0.546. The van der Waals surface area contributed by atoms with Crippen LogP contribution in [0.5, 0.6) is 0 Å². The number of nitrogens with zero attached hydrogens (tertiary/aromatic N) is 1. The highest BCUT2D eigenvalue weighted by atomic mass is 15.1. The van der Waals surface area contributed by atoms with E-state index in [0.717, 1.165) is 17.9 Å². The lowest BCUT2D eigenvalue weighted by Gasteiger charge is -2.24. The average molecular weight is 154 g/mol. The molecule has 2 aliphatic rings. The van der Waals surface area contributed by atoms with Gasteiger partial charge in [-0.2, -0.15) is 0 Å². The Balaban J connectivity index is 2.03. The van der Waals surface area contributed by atoms with Crippen molar-refractivity contribution >= 4 is 0 Å². The molecule has 64 valence electrons. The van der Waals surface area contributed by atoms with E-state index in [4.69, 9.17) is 0 Å². The number of rotatable bonds is 1. The molecule has 1 unspecified atom stereocenters. The minimum Gasteiger partial charge on any atom is -0.316 e. The molecule has 2 fully saturated rings. The third-order valence-corrected chi connectivity index (χ3v) is 3.38. The summed E-state index contributed by atoms with van der Waals surface area (Å²) in [7, 11) is 4.43. The van der Waals surface area contributed by atoms with Crippen molar-refractivity contribution in [3.63, 3.8) is 0 Å². The standard InChI is InChI=1S/C9H18N2/c1-11(2)9-4-3-7-5-10-6-8(7)9/h7-10H,3-6H2,1-2H3/t7?,8-,9-/m0/s1. The Morgan fingerprint density at radius 2 is 2.00 bits per heavy atom. The summed E-state index contributed by atoms with van der Waals surface area (Å²) in [6, 6.07) is 0.856. The third kappa shape index (κ3) is 1.18. The van der Waals surface area contributed by atoms with E-state index >= 15 is 0 Å². The summed E-state index contributed by atoms with van der Waals surface area (Å²) in [4.78, 5) is 2.40. The van der Waals surface area contributed by atoms with Gasteiger partial charge in [-0.3, -0.25) is 0 Å². The van der Waals surface area contributed by atoms with Gasteiger partial charge in [0.05, 0.1) is 0 Å². The second-order valence-electron chi connectivity index (χ2n) is 4.19. The molecule has 1 saturated heterocycles. The SMILES string of the molecule is CN(C)[C@H]1CCC2CNC[C@@H]21. The Kier molecular flexibility index (Phi) is 1.90. The van der Waals surface area contributed by atoms with Crippen molar-refractivity contribution in [1.82, 2.24) is 10.2 Å². The molecule has 1 N–H and O–H groups in total. The van der Waals surface area contributed by atoms with Gasteiger partial charge in [0.15, 0.2) is 0 Å². The summed E-state index contributed by atoms with van der Waals surface area (Å²) in [5, 5.41) is 3.48. The minimum absolute atomic E-state index is 0.856. The maximum absolute atomic E-state index is 3.48. The smallest absolute Gasteiger partial charge is 0.0133 e. The molecule has 1 heterocycles. The van der Waals surface area contributed by atoms with Gasteiger partial charge in [0.25, 0.3) is 0 Å². The topological polar surface area (TPSA) is 15.3 Å². The van der Waals surface area contributed by atoms with Gasteiger partial charge in [-0.1, -0.05) is 0 Å². The lowest BCUT2D eigenvalue weighted by Crippen LogP contribution is -2.34. The van der Waals surface area contributed by atoms with E-state index < -0.39 is 0 Å². The van der Waals surface area contributed by atoms with Crippen molar-refractivity contribution in [2.24, 2.45) is 11.8 Å². The molecule has 0 aromatic heterocycles. The molecule has 2 nitrogen and oxygen atoms in total. The van der Waals surface area contributed by atoms with Crippen LogP contribution in [0.2, 0.25) is 0 Å². The number of nitrogens with one attached hydrogen (secondary N) is 1. The Morgan fingerprint density at radius 3 is 2.73 bits per heavy atom. The quantitative estimate of drug-likeness (QED) is 0.593. The fourth-order valence-electron chi connectivity index (χ4n) is 2.76. The van der Waals surface area contributed by atoms with Crippen LogP contribution in [0.15, 0.2) is 0 Å². The molecule has 0 radical (unpaired) electrons. The number of fused-ring (bicyclic) bond motifs is 1. The van der Waals surface area contributed by atoms with Crippen LogP contribution in [-0.2, 0) is 0 Å². The highest BCUT2D eigenvalue weighted by Gasteiger charge is 2.39. The van der Waals surface area contributed by atoms with E-state index in [1.165, 1.54) is 25.9 Å². The van der Waals surface area contributed by atoms with Crippen LogP contribution in [0.4, 0.5) is 0 Å². The Labute approximate surface area is 69.0 Å². The predicted molar refractivity (Wildman–Crippen MR) is 46.6 cm³/mol. The van der Waals surface area contributed by atoms with E-state index in [-0.39, 0.29) is 0 Å². The van der Waals surface area contributed by atoms with Gasteiger partial charge in [-0.25, -0.2) is 0 Å². The monoisotopic (exact) mass is 154 g/mol. The first-order chi connectivity index (χ1) is 5.29. The van der Waals surface area contributed by atoms with E-state index in [1.54, 1.807) is 0 Å². The number of hydrogen-bond acceptors (Lipinski definition) is 2. The maximum Gasteiger partial charge on any atom is 0.0133 e. The Morgan fingerprint density at radius 1 is 1.18 bits per heavy atom. The van der Waals surface area contributed by atoms with Crippen molar-refractivity contribution in [2.45, 2.75) is 18.9 Å². The second kappa shape index (κ2) is 2.76. The van der Waals surface area contributed by atoms with Crippen LogP contribution in [0, 0.1) is 11.8 Å². The molecule has 1 aliphatic heterocycles. The molecule has 2 rings (SSSR count). The maximum atomic E-state index is 3.48. The normalized spacial score (nSPS) is 43.4. The molecule has 0 amide bonds. The van der Waals surface area contributed by atoms with Crippen LogP contribution >= 0.6 is 0 Å². The molecule has 0 bridgehead atoms. The number of hydrogen-bond donors (Lipinski definition) is 1. The summed E-state index contributed by atoms with van der Waals surface area (Å²) in [5.41, 5.74) is 0. The minimum atomic E-state index is 0.856. The average Bonchev–Trinajstić information content (AvgIpc) is 2.41. The Bertz CT molecular complexity index is 144. The molecule has 0 aromatic rings. The van der Waals surface area contributed by atoms with Crippen molar-refractivity contribution < 1.29 is 0 Å². The molecular formula is C9H18N2. The van der Waals surface area contributed by atoms with Gasteiger partial charge in [-0.05, 0) is 51.9 Å². The molecule has 2 heteroatoms. The lowest BCUT2D eigenvalue weighted by molar-refractivity contribution is 0.236. The van der Waals surface area contributed by atoms with Crippen LogP contribution < -0.4 is 5.32 Å². The van der Waals surface area contributed by atoms with E-state index in [2.05, 4.69) is 24.3 Å². The summed E-state index contributed by atoms with van der Waals surface area (Å²) in [5.74, 6) is 1.94. The first kappa shape index (κ1) is 7.56. The van der Waals surface area contributed by atoms with Gasteiger partial charge >= 0.3 is 0 Å². The zero-order valence-corrected chi connectivity index (χ0v) is 7.51. The van der Waals surface area contributed by atoms with E-state index in [0.29, 0.717) is 0 Å². The zero-order chi connectivity index (χ0) is 7.84. The van der Waals surface area contributed by atoms with Gasteiger partial charge < -0.3 is 10.2 Å². The van der Waals surface area contributed by atoms with Crippen LogP contribution in [0.25, 0.3) is 0 Å². The molecule has 1 saturated carbocycles. The molecule has 0 aromatic carbocycles. The molecule has 0 spiro atoms. The van der Waals surface area contributed by atoms with Crippen molar-refractivity contribution in [3.05, 3.63) is 0 Å². The van der Waals surface area contributed by atoms with Gasteiger partial charge in [0.1, 0.15) is 0 Å². The lowest BCUT2D eigenvalue weighted by atomic mass is 9.97. The van der Waals surface area contributed by atoms with Crippen LogP contribution in [0.1, 0.15) is 12.8 Å². The Hall–Kier alpha value is -0.0800. The fourth-order valence-corrected chi connectivity index (χ4v) is 2.76. The molecule has 1 aliphatic carbocycles. The van der Waals surface area contributed by atoms with Gasteiger partial charge in [0.2, 0.25) is 0 Å². The fraction of sp³-hybridized carbons (Fsp3) is 1.00. The van der Waals surface area contributed by atoms with Gasteiger partial charge in [-0.15, -0.1) is 0 Å². The molecular weight excluding hydrogens is 136 g/mol. The van der Waals surface area contributed by atoms with Crippen molar-refractivity contribution in [3.8, 4) is 0 Å². The summed E-state index contributed by atoms with van der Waals surface area (Å²) >= 11 is 0. The summed E-state index contributed by atoms with van der Waals surface area (Å²) < 4.78 is 0. The first-order valence-corrected chi connectivity index (χ1v) is 4.66. The molecule has 3 atom stereocenters. The van der Waals surface area contributed by atoms with Gasteiger partial charge in [0, 0.05) is 6.04 Å². The summed E-state index contributed by atoms with van der Waals surface area (Å²) in [6.07, 6.45) is 2.87. The van der Waals surface area contributed by atoms with Crippen LogP contribution in [0.3, 0.4) is 0 Å². The van der Waals surface area contributed by atoms with E-state index in [9.17, 15) is 0 Å². The largest absolute Gasteiger partial charge is 0.316 e. The highest BCUT2D eigenvalue weighted by molar-refractivity contribution is 4.95. The highest BCUT2D eigenvalue weighted by Crippen LogP contribution is 2.36. The zero-order valence-electron chi connectivity index (χ0n) is 7.51. The van der Waals surface area contributed by atoms with E-state index in [1.807, 2.05) is 0 Å². The third-order valence-electron chi connectivity index (χ3n) is 3.38. The first-order valence-electron chi connectivity index (χ1n) is 4.66. The molecule has 11 heavy (non-hydrogen) atoms. The summed E-state index contributed by atoms with van der Waals surface area (Å²) in [6.45, 7) is 2.53. The van der Waals surface area contributed by atoms with Crippen molar-refractivity contribution in [2.75, 3.05) is 27.2 Å². The second-order valence-corrected chi connectivity index (χ2v) is 4.19. The van der Waals surface area contributed by atoms with Crippen molar-refractivity contribution in [1.29, 1.82) is 0 Å².